The maximum Gasteiger partial charge on any atom is 0.160 e. The summed E-state index contributed by atoms with van der Waals surface area (Å²) in [6.45, 7) is 0. The van der Waals surface area contributed by atoms with Gasteiger partial charge in [-0.25, -0.2) is 9.97 Å². The number of fused-ring (bicyclic) bond motifs is 4. The van der Waals surface area contributed by atoms with E-state index in [1.165, 1.54) is 43.4 Å². The van der Waals surface area contributed by atoms with Crippen LogP contribution >= 0.6 is 0 Å². The van der Waals surface area contributed by atoms with Crippen molar-refractivity contribution < 1.29 is 0 Å². The Labute approximate surface area is 278 Å². The predicted molar refractivity (Wildman–Crippen MR) is 200 cm³/mol. The topological polar surface area (TPSA) is 38.7 Å². The lowest BCUT2D eigenvalue weighted by atomic mass is 9.89. The maximum atomic E-state index is 5.08. The number of pyridine rings is 1. The van der Waals surface area contributed by atoms with Crippen molar-refractivity contribution in [1.82, 2.24) is 15.0 Å². The highest BCUT2D eigenvalue weighted by Gasteiger charge is 2.14. The highest BCUT2D eigenvalue weighted by atomic mass is 14.9. The summed E-state index contributed by atoms with van der Waals surface area (Å²) in [6, 6.07) is 59.7. The lowest BCUT2D eigenvalue weighted by Gasteiger charge is -2.15. The van der Waals surface area contributed by atoms with E-state index in [4.69, 9.17) is 9.97 Å². The Kier molecular flexibility index (Phi) is 6.80. The lowest BCUT2D eigenvalue weighted by Crippen LogP contribution is -1.96. The minimum atomic E-state index is 0.702. The van der Waals surface area contributed by atoms with Gasteiger partial charge in [-0.1, -0.05) is 146 Å². The van der Waals surface area contributed by atoms with Crippen molar-refractivity contribution in [1.29, 1.82) is 0 Å². The zero-order valence-electron chi connectivity index (χ0n) is 26.1. The molecule has 0 radical (unpaired) electrons. The van der Waals surface area contributed by atoms with Gasteiger partial charge in [0.25, 0.3) is 0 Å². The molecule has 48 heavy (non-hydrogen) atoms. The fourth-order valence-electron chi connectivity index (χ4n) is 6.74. The zero-order chi connectivity index (χ0) is 31.9. The molecule has 224 valence electrons. The van der Waals surface area contributed by atoms with Crippen LogP contribution in [0.15, 0.2) is 176 Å². The monoisotopic (exact) mass is 611 g/mol. The second-order valence-corrected chi connectivity index (χ2v) is 12.1. The molecule has 2 heterocycles. The van der Waals surface area contributed by atoms with E-state index in [-0.39, 0.29) is 0 Å². The largest absolute Gasteiger partial charge is 0.256 e. The first-order valence-corrected chi connectivity index (χ1v) is 16.2. The van der Waals surface area contributed by atoms with Crippen molar-refractivity contribution in [3.63, 3.8) is 0 Å². The third-order valence-corrected chi connectivity index (χ3v) is 9.14. The molecule has 0 N–H and O–H groups in total. The first-order valence-electron chi connectivity index (χ1n) is 16.2. The van der Waals surface area contributed by atoms with Gasteiger partial charge in [0.05, 0.1) is 17.1 Å². The summed E-state index contributed by atoms with van der Waals surface area (Å²) in [5.41, 5.74) is 9.26. The third-order valence-electron chi connectivity index (χ3n) is 9.14. The Hall–Kier alpha value is -6.45. The molecule has 0 bridgehead atoms. The van der Waals surface area contributed by atoms with Crippen LogP contribution in [0.1, 0.15) is 0 Å². The van der Waals surface area contributed by atoms with E-state index in [9.17, 15) is 0 Å². The van der Waals surface area contributed by atoms with Crippen LogP contribution in [0.3, 0.4) is 0 Å². The summed E-state index contributed by atoms with van der Waals surface area (Å²) < 4.78 is 0. The first kappa shape index (κ1) is 27.8. The van der Waals surface area contributed by atoms with Crippen LogP contribution in [0.4, 0.5) is 0 Å². The Morgan fingerprint density at radius 3 is 1.58 bits per heavy atom. The molecule has 0 saturated heterocycles. The average molecular weight is 612 g/mol. The van der Waals surface area contributed by atoms with Gasteiger partial charge in [0.15, 0.2) is 5.82 Å². The summed E-state index contributed by atoms with van der Waals surface area (Å²) in [6.07, 6.45) is 1.82. The highest BCUT2D eigenvalue weighted by molar-refractivity contribution is 6.20. The normalized spacial score (nSPS) is 11.3. The van der Waals surface area contributed by atoms with Crippen LogP contribution in [-0.4, -0.2) is 15.0 Å². The van der Waals surface area contributed by atoms with Gasteiger partial charge >= 0.3 is 0 Å². The number of aromatic nitrogens is 3. The number of nitrogens with zero attached hydrogens (tertiary/aromatic N) is 3. The van der Waals surface area contributed by atoms with E-state index in [1.54, 1.807) is 0 Å². The third kappa shape index (κ3) is 4.99. The van der Waals surface area contributed by atoms with Gasteiger partial charge in [0, 0.05) is 28.5 Å². The van der Waals surface area contributed by atoms with Gasteiger partial charge in [-0.15, -0.1) is 0 Å². The molecule has 0 spiro atoms. The molecule has 3 nitrogen and oxygen atoms in total. The molecule has 3 heteroatoms. The summed E-state index contributed by atoms with van der Waals surface area (Å²) >= 11 is 0. The summed E-state index contributed by atoms with van der Waals surface area (Å²) in [5, 5.41) is 7.54. The molecule has 0 aliphatic rings. The van der Waals surface area contributed by atoms with Gasteiger partial charge in [-0.2, -0.15) is 0 Å². The van der Waals surface area contributed by atoms with Gasteiger partial charge in [-0.05, 0) is 67.7 Å². The highest BCUT2D eigenvalue weighted by Crippen LogP contribution is 2.40. The van der Waals surface area contributed by atoms with Crippen LogP contribution in [0.2, 0.25) is 0 Å². The van der Waals surface area contributed by atoms with Gasteiger partial charge < -0.3 is 0 Å². The van der Waals surface area contributed by atoms with Crippen molar-refractivity contribution in [2.45, 2.75) is 0 Å². The van der Waals surface area contributed by atoms with Crippen molar-refractivity contribution in [2.75, 3.05) is 0 Å². The Morgan fingerprint density at radius 1 is 0.312 bits per heavy atom. The second kappa shape index (κ2) is 11.7. The fourth-order valence-corrected chi connectivity index (χ4v) is 6.74. The van der Waals surface area contributed by atoms with E-state index >= 15 is 0 Å². The van der Waals surface area contributed by atoms with Crippen LogP contribution in [0, 0.1) is 0 Å². The van der Waals surface area contributed by atoms with Gasteiger partial charge in [-0.3, -0.25) is 4.98 Å². The molecule has 9 rings (SSSR count). The van der Waals surface area contributed by atoms with Crippen LogP contribution in [0.5, 0.6) is 0 Å². The number of hydrogen-bond acceptors (Lipinski definition) is 3. The van der Waals surface area contributed by atoms with Crippen molar-refractivity contribution in [2.24, 2.45) is 0 Å². The molecule has 7 aromatic carbocycles. The van der Waals surface area contributed by atoms with Crippen LogP contribution in [-0.2, 0) is 0 Å². The molecular weight excluding hydrogens is 583 g/mol. The minimum Gasteiger partial charge on any atom is -0.256 e. The zero-order valence-corrected chi connectivity index (χ0v) is 26.1. The molecule has 0 aliphatic heterocycles. The van der Waals surface area contributed by atoms with Crippen LogP contribution in [0.25, 0.3) is 88.6 Å². The molecule has 9 aromatic rings. The second-order valence-electron chi connectivity index (χ2n) is 12.1. The van der Waals surface area contributed by atoms with Gasteiger partial charge in [0.2, 0.25) is 0 Å². The standard InChI is InChI=1S/C45H29N3/c1-2-11-35(12-3-1)45-47-42(32-19-17-31(18-20-32)41-16-8-9-27-46-41)29-43(48-45)33-21-23-34(24-22-33)44-38-15-7-5-13-36(38)28-40-37-14-6-4-10-30(37)25-26-39(40)44/h1-29H. The Balaban J connectivity index is 1.17. The number of rotatable bonds is 5. The molecule has 0 unspecified atom stereocenters. The average Bonchev–Trinajstić information content (AvgIpc) is 3.17. The molecule has 0 aliphatic carbocycles. The molecule has 0 amide bonds. The first-order chi connectivity index (χ1) is 23.8. The van der Waals surface area contributed by atoms with E-state index in [2.05, 4.69) is 138 Å². The van der Waals surface area contributed by atoms with E-state index < -0.39 is 0 Å². The van der Waals surface area contributed by atoms with E-state index in [0.717, 1.165) is 39.3 Å². The molecular formula is C45H29N3. The van der Waals surface area contributed by atoms with Crippen molar-refractivity contribution in [3.8, 4) is 56.3 Å². The number of hydrogen-bond donors (Lipinski definition) is 0. The van der Waals surface area contributed by atoms with Crippen LogP contribution < -0.4 is 0 Å². The van der Waals surface area contributed by atoms with E-state index in [1.807, 2.05) is 42.6 Å². The molecule has 0 atom stereocenters. The van der Waals surface area contributed by atoms with E-state index in [0.29, 0.717) is 5.82 Å². The lowest BCUT2D eigenvalue weighted by molar-refractivity contribution is 1.18. The van der Waals surface area contributed by atoms with Crippen molar-refractivity contribution >= 4 is 32.3 Å². The maximum absolute atomic E-state index is 5.08. The quantitative estimate of drug-likeness (QED) is 0.144. The summed E-state index contributed by atoms with van der Waals surface area (Å²) in [4.78, 5) is 14.6. The SMILES string of the molecule is c1ccc(-c2nc(-c3ccc(-c4ccccn4)cc3)cc(-c3ccc(-c4c5ccccc5cc5c4ccc4ccccc45)cc3)n2)cc1. The smallest absolute Gasteiger partial charge is 0.160 e. The fraction of sp³-hybridized carbons (Fsp3) is 0. The predicted octanol–water partition coefficient (Wildman–Crippen LogP) is 11.7. The van der Waals surface area contributed by atoms with Gasteiger partial charge in [0.1, 0.15) is 0 Å². The Morgan fingerprint density at radius 2 is 0.896 bits per heavy atom. The molecule has 0 saturated carbocycles. The molecule has 2 aromatic heterocycles. The Bertz CT molecular complexity index is 2580. The summed E-state index contributed by atoms with van der Waals surface area (Å²) in [5.74, 6) is 0.702. The molecule has 0 fully saturated rings. The van der Waals surface area contributed by atoms with Crippen molar-refractivity contribution in [3.05, 3.63) is 176 Å². The number of benzene rings is 7. The minimum absolute atomic E-state index is 0.702. The summed E-state index contributed by atoms with van der Waals surface area (Å²) in [7, 11) is 0.